The highest BCUT2D eigenvalue weighted by molar-refractivity contribution is 5.28. The fourth-order valence-electron chi connectivity index (χ4n) is 1.78. The van der Waals surface area contributed by atoms with E-state index in [4.69, 9.17) is 15.1 Å². The number of rotatable bonds is 3. The van der Waals surface area contributed by atoms with Gasteiger partial charge in [-0.2, -0.15) is 4.98 Å². The van der Waals surface area contributed by atoms with Crippen molar-refractivity contribution >= 4 is 5.82 Å². The van der Waals surface area contributed by atoms with Crippen LogP contribution in [0.1, 0.15) is 6.23 Å². The average Bonchev–Trinajstić information content (AvgIpc) is 2.66. The molecule has 0 aliphatic carbocycles. The van der Waals surface area contributed by atoms with Crippen LogP contribution in [-0.4, -0.2) is 55.0 Å². The second-order valence-electron chi connectivity index (χ2n) is 3.84. The van der Waals surface area contributed by atoms with Crippen molar-refractivity contribution in [3.63, 3.8) is 0 Å². The summed E-state index contributed by atoms with van der Waals surface area (Å²) in [7, 11) is 0. The Kier molecular flexibility index (Phi) is 3.59. The zero-order valence-electron chi connectivity index (χ0n) is 9.17. The van der Waals surface area contributed by atoms with Crippen molar-refractivity contribution in [2.75, 3.05) is 12.1 Å². The zero-order valence-corrected chi connectivity index (χ0v) is 9.17. The van der Waals surface area contributed by atoms with E-state index in [2.05, 4.69) is 4.98 Å². The number of hydrogen-bond acceptors (Lipinski definition) is 8. The summed E-state index contributed by atoms with van der Waals surface area (Å²) >= 11 is 0. The number of anilines is 1. The Balaban J connectivity index is 2.30. The number of nitrogens with zero attached hydrogens (tertiary/aromatic N) is 2. The molecule has 0 unspecified atom stereocenters. The minimum atomic E-state index is -1.35. The molecule has 1 aliphatic heterocycles. The molecular formula is C9H13N3O6. The molecule has 0 aromatic carbocycles. The molecule has 9 nitrogen and oxygen atoms in total. The summed E-state index contributed by atoms with van der Waals surface area (Å²) in [6.07, 6.45) is -3.50. The third-order valence-electron chi connectivity index (χ3n) is 2.74. The van der Waals surface area contributed by atoms with Gasteiger partial charge in [0.25, 0.3) is 0 Å². The van der Waals surface area contributed by atoms with Crippen LogP contribution in [0.5, 0.6) is 0 Å². The van der Waals surface area contributed by atoms with Crippen LogP contribution >= 0.6 is 0 Å². The lowest BCUT2D eigenvalue weighted by Crippen LogP contribution is -2.36. The summed E-state index contributed by atoms with van der Waals surface area (Å²) < 4.78 is 6.13. The summed E-state index contributed by atoms with van der Waals surface area (Å²) in [6, 6.07) is 1.29. The zero-order chi connectivity index (χ0) is 13.3. The van der Waals surface area contributed by atoms with Crippen molar-refractivity contribution in [3.8, 4) is 0 Å². The summed E-state index contributed by atoms with van der Waals surface area (Å²) in [5.41, 5.74) is 0.934. The molecule has 1 aromatic rings. The number of nitrogens with one attached hydrogen (secondary N) is 1. The van der Waals surface area contributed by atoms with Gasteiger partial charge in [0.05, 0.1) is 6.61 Å². The molecule has 0 bridgehead atoms. The monoisotopic (exact) mass is 259 g/mol. The molecule has 4 atom stereocenters. The fraction of sp³-hybridized carbons (Fsp3) is 0.556. The van der Waals surface area contributed by atoms with Gasteiger partial charge in [-0.25, -0.2) is 4.79 Å². The Bertz CT molecular complexity index is 478. The predicted octanol–water partition coefficient (Wildman–Crippen LogP) is -2.34. The largest absolute Gasteiger partial charge is 0.394 e. The molecule has 1 aliphatic rings. The topological polar surface area (TPSA) is 137 Å². The second kappa shape index (κ2) is 5.00. The van der Waals surface area contributed by atoms with E-state index in [9.17, 15) is 15.0 Å². The van der Waals surface area contributed by atoms with Crippen molar-refractivity contribution in [2.24, 2.45) is 0 Å². The smallest absolute Gasteiger partial charge is 0.351 e. The van der Waals surface area contributed by atoms with Crippen LogP contribution in [0.2, 0.25) is 0 Å². The molecule has 0 spiro atoms. The second-order valence-corrected chi connectivity index (χ2v) is 3.84. The van der Waals surface area contributed by atoms with Crippen molar-refractivity contribution < 1.29 is 25.3 Å². The van der Waals surface area contributed by atoms with Gasteiger partial charge in [-0.15, -0.1) is 0 Å². The molecule has 9 heteroatoms. The Morgan fingerprint density at radius 2 is 2.17 bits per heavy atom. The molecule has 2 rings (SSSR count). The lowest BCUT2D eigenvalue weighted by molar-refractivity contribution is -0.0549. The van der Waals surface area contributed by atoms with Gasteiger partial charge in [0.1, 0.15) is 18.3 Å². The van der Waals surface area contributed by atoms with Crippen molar-refractivity contribution in [1.82, 2.24) is 9.55 Å². The van der Waals surface area contributed by atoms with Gasteiger partial charge >= 0.3 is 5.69 Å². The molecular weight excluding hydrogens is 246 g/mol. The highest BCUT2D eigenvalue weighted by Crippen LogP contribution is 2.27. The number of ether oxygens (including phenoxy) is 1. The first kappa shape index (κ1) is 12.9. The Morgan fingerprint density at radius 1 is 1.44 bits per heavy atom. The van der Waals surface area contributed by atoms with Gasteiger partial charge in [0.15, 0.2) is 12.0 Å². The lowest BCUT2D eigenvalue weighted by atomic mass is 10.1. The van der Waals surface area contributed by atoms with Crippen LogP contribution in [0, 0.1) is 0 Å². The standard InChI is InChI=1S/C9H13N3O6/c13-3-4-6(14)7(15)8(18-4)12-2-1-5(11-17)10-9(12)16/h1-2,4,6-8,13-15,17H,3H2,(H,10,11,16)/t4-,6+,7+,8-/m0/s1. The highest BCUT2D eigenvalue weighted by atomic mass is 16.6. The molecule has 100 valence electrons. The maximum Gasteiger partial charge on any atom is 0.351 e. The number of aromatic nitrogens is 2. The molecule has 5 N–H and O–H groups in total. The fourth-order valence-corrected chi connectivity index (χ4v) is 1.78. The third kappa shape index (κ3) is 2.09. The molecule has 0 saturated carbocycles. The molecule has 0 radical (unpaired) electrons. The lowest BCUT2D eigenvalue weighted by Gasteiger charge is -2.16. The first-order chi connectivity index (χ1) is 8.58. The van der Waals surface area contributed by atoms with Crippen LogP contribution in [0.15, 0.2) is 17.1 Å². The van der Waals surface area contributed by atoms with Gasteiger partial charge in [-0.1, -0.05) is 0 Å². The maximum absolute atomic E-state index is 11.6. The van der Waals surface area contributed by atoms with E-state index in [1.807, 2.05) is 0 Å². The first-order valence-corrected chi connectivity index (χ1v) is 5.20. The van der Waals surface area contributed by atoms with E-state index in [-0.39, 0.29) is 5.82 Å². The molecule has 18 heavy (non-hydrogen) atoms. The third-order valence-corrected chi connectivity index (χ3v) is 2.74. The van der Waals surface area contributed by atoms with Gasteiger partial charge in [-0.3, -0.25) is 15.3 Å². The van der Waals surface area contributed by atoms with E-state index in [1.54, 1.807) is 5.48 Å². The summed E-state index contributed by atoms with van der Waals surface area (Å²) in [4.78, 5) is 15.1. The normalized spacial score (nSPS) is 31.6. The summed E-state index contributed by atoms with van der Waals surface area (Å²) in [5.74, 6) is -0.0528. The Morgan fingerprint density at radius 3 is 2.67 bits per heavy atom. The molecule has 1 aromatic heterocycles. The van der Waals surface area contributed by atoms with Crippen molar-refractivity contribution in [1.29, 1.82) is 0 Å². The number of hydrogen-bond donors (Lipinski definition) is 5. The predicted molar refractivity (Wildman–Crippen MR) is 56.9 cm³/mol. The van der Waals surface area contributed by atoms with Crippen LogP contribution in [-0.2, 0) is 4.74 Å². The highest BCUT2D eigenvalue weighted by Gasteiger charge is 2.43. The van der Waals surface area contributed by atoms with Crippen LogP contribution in [0.25, 0.3) is 0 Å². The molecule has 1 fully saturated rings. The van der Waals surface area contributed by atoms with E-state index in [0.717, 1.165) is 4.57 Å². The minimum absolute atomic E-state index is 0.0528. The van der Waals surface area contributed by atoms with Crippen molar-refractivity contribution in [3.05, 3.63) is 22.7 Å². The number of aliphatic hydroxyl groups is 3. The minimum Gasteiger partial charge on any atom is -0.394 e. The molecule has 1 saturated heterocycles. The van der Waals surface area contributed by atoms with Crippen LogP contribution in [0.3, 0.4) is 0 Å². The van der Waals surface area contributed by atoms with Gasteiger partial charge in [0, 0.05) is 6.20 Å². The van der Waals surface area contributed by atoms with Crippen LogP contribution in [0.4, 0.5) is 5.82 Å². The Labute approximate surface area is 101 Å². The van der Waals surface area contributed by atoms with Crippen LogP contribution < -0.4 is 11.2 Å². The van der Waals surface area contributed by atoms with E-state index in [1.165, 1.54) is 12.3 Å². The summed E-state index contributed by atoms with van der Waals surface area (Å²) in [6.45, 7) is -0.479. The van der Waals surface area contributed by atoms with Gasteiger partial charge < -0.3 is 20.1 Å². The van der Waals surface area contributed by atoms with E-state index >= 15 is 0 Å². The van der Waals surface area contributed by atoms with E-state index < -0.39 is 36.8 Å². The first-order valence-electron chi connectivity index (χ1n) is 5.20. The van der Waals surface area contributed by atoms with Crippen molar-refractivity contribution in [2.45, 2.75) is 24.5 Å². The number of aliphatic hydroxyl groups excluding tert-OH is 3. The SMILES string of the molecule is O=c1nc(NO)ccn1[C@H]1O[C@@H](CO)[C@@H](O)[C@H]1O. The summed E-state index contributed by atoms with van der Waals surface area (Å²) in [5, 5.41) is 36.8. The van der Waals surface area contributed by atoms with E-state index in [0.29, 0.717) is 0 Å². The molecule has 2 heterocycles. The van der Waals surface area contributed by atoms with Gasteiger partial charge in [0.2, 0.25) is 0 Å². The quantitative estimate of drug-likeness (QED) is 0.381. The van der Waals surface area contributed by atoms with Gasteiger partial charge in [-0.05, 0) is 6.07 Å². The Hall–Kier alpha value is -1.52. The average molecular weight is 259 g/mol. The molecule has 0 amide bonds. The maximum atomic E-state index is 11.6.